The Morgan fingerprint density at radius 2 is 1.96 bits per heavy atom. The molecule has 8 heteroatoms. The van der Waals surface area contributed by atoms with Crippen LogP contribution in [0.15, 0.2) is 30.5 Å². The number of anilines is 1. The van der Waals surface area contributed by atoms with Crippen LogP contribution in [0, 0.1) is 0 Å². The first-order valence-electron chi connectivity index (χ1n) is 8.98. The molecule has 3 aromatic rings. The number of nitrogens with one attached hydrogen (secondary N) is 2. The molecule has 0 radical (unpaired) electrons. The summed E-state index contributed by atoms with van der Waals surface area (Å²) in [5, 5.41) is 1.26. The third-order valence-electron chi connectivity index (χ3n) is 4.63. The Hall–Kier alpha value is -2.77. The number of benzene rings is 1. The number of rotatable bonds is 7. The number of fused-ring (bicyclic) bond motifs is 1. The number of amides is 1. The summed E-state index contributed by atoms with van der Waals surface area (Å²) < 4.78 is 5.54. The third kappa shape index (κ3) is 3.63. The van der Waals surface area contributed by atoms with Crippen LogP contribution in [0.4, 0.5) is 5.82 Å². The molecule has 2 heterocycles. The molecule has 148 valence electrons. The van der Waals surface area contributed by atoms with Crippen molar-refractivity contribution < 1.29 is 14.4 Å². The van der Waals surface area contributed by atoms with E-state index < -0.39 is 0 Å². The number of nitrogens with zero attached hydrogens (tertiary/aromatic N) is 2. The van der Waals surface area contributed by atoms with Gasteiger partial charge in [-0.3, -0.25) is 9.63 Å². The van der Waals surface area contributed by atoms with E-state index in [0.717, 1.165) is 40.9 Å². The molecule has 0 saturated carbocycles. The molecule has 2 aromatic heterocycles. The van der Waals surface area contributed by atoms with Crippen molar-refractivity contribution in [3.63, 3.8) is 0 Å². The zero-order chi connectivity index (χ0) is 20.3. The van der Waals surface area contributed by atoms with Crippen LogP contribution in [0.5, 0.6) is 5.88 Å². The number of hydrogen-bond donors (Lipinski definition) is 2. The van der Waals surface area contributed by atoms with Gasteiger partial charge in [0.25, 0.3) is 5.91 Å². The van der Waals surface area contributed by atoms with E-state index in [1.54, 1.807) is 19.4 Å². The standard InChI is InChI=1S/C20H23ClN4O3/c1-5-25(6-2)18-8-7-12(20(23-18)27-3)13-9-14-15(19(26)24-28-4)11-22-17(14)10-16(13)21/h7-11,22H,5-6H2,1-4H3,(H,24,26). The minimum absolute atomic E-state index is 0.344. The monoisotopic (exact) mass is 402 g/mol. The van der Waals surface area contributed by atoms with Crippen LogP contribution < -0.4 is 15.1 Å². The van der Waals surface area contributed by atoms with Gasteiger partial charge in [-0.2, -0.15) is 4.98 Å². The fourth-order valence-corrected chi connectivity index (χ4v) is 3.47. The summed E-state index contributed by atoms with van der Waals surface area (Å²) in [6, 6.07) is 7.53. The van der Waals surface area contributed by atoms with Crippen LogP contribution in [-0.4, -0.2) is 43.2 Å². The number of H-pyrrole nitrogens is 1. The highest BCUT2D eigenvalue weighted by Crippen LogP contribution is 2.38. The fraction of sp³-hybridized carbons (Fsp3) is 0.300. The van der Waals surface area contributed by atoms with E-state index in [-0.39, 0.29) is 5.91 Å². The molecular formula is C20H23ClN4O3. The van der Waals surface area contributed by atoms with Gasteiger partial charge in [-0.1, -0.05) is 11.6 Å². The summed E-state index contributed by atoms with van der Waals surface area (Å²) in [5.74, 6) is 0.970. The minimum Gasteiger partial charge on any atom is -0.480 e. The molecule has 0 aliphatic heterocycles. The molecule has 7 nitrogen and oxygen atoms in total. The van der Waals surface area contributed by atoms with Crippen molar-refractivity contribution in [2.75, 3.05) is 32.2 Å². The lowest BCUT2D eigenvalue weighted by Gasteiger charge is -2.21. The van der Waals surface area contributed by atoms with Crippen LogP contribution in [-0.2, 0) is 4.84 Å². The van der Waals surface area contributed by atoms with Crippen molar-refractivity contribution in [2.45, 2.75) is 13.8 Å². The van der Waals surface area contributed by atoms with Gasteiger partial charge in [-0.25, -0.2) is 5.48 Å². The number of ether oxygens (including phenoxy) is 1. The zero-order valence-electron chi connectivity index (χ0n) is 16.3. The first-order chi connectivity index (χ1) is 13.5. The molecule has 3 rings (SSSR count). The number of aromatic nitrogens is 2. The van der Waals surface area contributed by atoms with E-state index in [0.29, 0.717) is 16.5 Å². The summed E-state index contributed by atoms with van der Waals surface area (Å²) in [7, 11) is 2.97. The molecular weight excluding hydrogens is 380 g/mol. The van der Waals surface area contributed by atoms with Gasteiger partial charge >= 0.3 is 0 Å². The Kier molecular flexibility index (Phi) is 6.06. The van der Waals surface area contributed by atoms with Gasteiger partial charge in [0, 0.05) is 41.3 Å². The Labute approximate surface area is 168 Å². The number of pyridine rings is 1. The lowest BCUT2D eigenvalue weighted by atomic mass is 10.0. The van der Waals surface area contributed by atoms with Gasteiger partial charge in [-0.15, -0.1) is 0 Å². The molecule has 28 heavy (non-hydrogen) atoms. The molecule has 0 aliphatic rings. The van der Waals surface area contributed by atoms with Crippen molar-refractivity contribution >= 4 is 34.2 Å². The highest BCUT2D eigenvalue weighted by molar-refractivity contribution is 6.34. The predicted octanol–water partition coefficient (Wildman–Crippen LogP) is 4.03. The fourth-order valence-electron chi connectivity index (χ4n) is 3.20. The molecule has 0 unspecified atom stereocenters. The number of hydroxylamine groups is 1. The van der Waals surface area contributed by atoms with E-state index in [2.05, 4.69) is 34.2 Å². The second kappa shape index (κ2) is 8.50. The predicted molar refractivity (Wildman–Crippen MR) is 111 cm³/mol. The van der Waals surface area contributed by atoms with Crippen LogP contribution in [0.3, 0.4) is 0 Å². The van der Waals surface area contributed by atoms with Gasteiger partial charge in [0.15, 0.2) is 0 Å². The van der Waals surface area contributed by atoms with Crippen molar-refractivity contribution in [3.8, 4) is 17.0 Å². The van der Waals surface area contributed by atoms with Gasteiger partial charge in [0.05, 0.1) is 24.8 Å². The number of aromatic amines is 1. The van der Waals surface area contributed by atoms with Gasteiger partial charge in [0.1, 0.15) is 5.82 Å². The Morgan fingerprint density at radius 3 is 2.61 bits per heavy atom. The largest absolute Gasteiger partial charge is 0.480 e. The maximum atomic E-state index is 12.2. The van der Waals surface area contributed by atoms with Crippen molar-refractivity contribution in [3.05, 3.63) is 41.0 Å². The second-order valence-corrected chi connectivity index (χ2v) is 6.52. The second-order valence-electron chi connectivity index (χ2n) is 6.11. The van der Waals surface area contributed by atoms with E-state index in [1.165, 1.54) is 7.11 Å². The maximum Gasteiger partial charge on any atom is 0.276 e. The lowest BCUT2D eigenvalue weighted by molar-refractivity contribution is 0.0539. The van der Waals surface area contributed by atoms with E-state index in [1.807, 2.05) is 18.2 Å². The summed E-state index contributed by atoms with van der Waals surface area (Å²) in [6.07, 6.45) is 1.62. The van der Waals surface area contributed by atoms with Crippen LogP contribution in [0.1, 0.15) is 24.2 Å². The van der Waals surface area contributed by atoms with Gasteiger partial charge < -0.3 is 14.6 Å². The number of carbonyl (C=O) groups is 1. The number of methoxy groups -OCH3 is 1. The average Bonchev–Trinajstić information content (AvgIpc) is 3.11. The number of halogens is 1. The molecule has 0 aliphatic carbocycles. The molecule has 0 bridgehead atoms. The molecule has 1 amide bonds. The third-order valence-corrected chi connectivity index (χ3v) is 4.94. The highest BCUT2D eigenvalue weighted by atomic mass is 35.5. The van der Waals surface area contributed by atoms with Crippen molar-refractivity contribution in [2.24, 2.45) is 0 Å². The van der Waals surface area contributed by atoms with E-state index in [9.17, 15) is 4.79 Å². The normalized spacial score (nSPS) is 10.9. The quantitative estimate of drug-likeness (QED) is 0.583. The average molecular weight is 403 g/mol. The molecule has 2 N–H and O–H groups in total. The van der Waals surface area contributed by atoms with Crippen LogP contribution in [0.25, 0.3) is 22.0 Å². The minimum atomic E-state index is -0.344. The summed E-state index contributed by atoms with van der Waals surface area (Å²) in [6.45, 7) is 5.85. The smallest absolute Gasteiger partial charge is 0.276 e. The molecule has 1 aromatic carbocycles. The number of carbonyl (C=O) groups excluding carboxylic acids is 1. The summed E-state index contributed by atoms with van der Waals surface area (Å²) in [4.78, 5) is 26.8. The van der Waals surface area contributed by atoms with Crippen molar-refractivity contribution in [1.82, 2.24) is 15.4 Å². The zero-order valence-corrected chi connectivity index (χ0v) is 17.1. The first-order valence-corrected chi connectivity index (χ1v) is 9.36. The number of hydrogen-bond acceptors (Lipinski definition) is 5. The molecule has 0 saturated heterocycles. The van der Waals surface area contributed by atoms with Crippen LogP contribution >= 0.6 is 11.6 Å². The van der Waals surface area contributed by atoms with Gasteiger partial charge in [-0.05, 0) is 38.1 Å². The summed E-state index contributed by atoms with van der Waals surface area (Å²) >= 11 is 6.53. The Bertz CT molecular complexity index is 999. The Morgan fingerprint density at radius 1 is 1.21 bits per heavy atom. The van der Waals surface area contributed by atoms with E-state index in [4.69, 9.17) is 21.2 Å². The molecule has 0 fully saturated rings. The Balaban J connectivity index is 2.13. The maximum absolute atomic E-state index is 12.2. The highest BCUT2D eigenvalue weighted by Gasteiger charge is 2.18. The van der Waals surface area contributed by atoms with Crippen LogP contribution in [0.2, 0.25) is 5.02 Å². The summed E-state index contributed by atoms with van der Waals surface area (Å²) in [5.41, 5.74) is 5.03. The molecule has 0 atom stereocenters. The first kappa shape index (κ1) is 20.0. The van der Waals surface area contributed by atoms with Crippen molar-refractivity contribution in [1.29, 1.82) is 0 Å². The lowest BCUT2D eigenvalue weighted by Crippen LogP contribution is -2.23. The molecule has 0 spiro atoms. The van der Waals surface area contributed by atoms with E-state index >= 15 is 0 Å². The van der Waals surface area contributed by atoms with Gasteiger partial charge in [0.2, 0.25) is 5.88 Å². The topological polar surface area (TPSA) is 79.5 Å². The SMILES string of the molecule is CCN(CC)c1ccc(-c2cc3c(C(=O)NOC)c[nH]c3cc2Cl)c(OC)n1.